The fourth-order valence-corrected chi connectivity index (χ4v) is 2.51. The molecule has 0 unspecified atom stereocenters. The van der Waals surface area contributed by atoms with E-state index in [1.165, 1.54) is 5.56 Å². The van der Waals surface area contributed by atoms with E-state index in [1.807, 2.05) is 24.3 Å². The van der Waals surface area contributed by atoms with Crippen LogP contribution in [0, 0.1) is 5.92 Å². The van der Waals surface area contributed by atoms with Gasteiger partial charge in [-0.05, 0) is 30.7 Å². The zero-order chi connectivity index (χ0) is 13.1. The lowest BCUT2D eigenvalue weighted by Gasteiger charge is -2.11. The molecule has 1 saturated carbocycles. The highest BCUT2D eigenvalue weighted by molar-refractivity contribution is 6.32. The molecule has 5 heteroatoms. The number of urea groups is 1. The summed E-state index contributed by atoms with van der Waals surface area (Å²) in [6.07, 6.45) is 2.48. The van der Waals surface area contributed by atoms with E-state index >= 15 is 0 Å². The van der Waals surface area contributed by atoms with Crippen LogP contribution in [0.15, 0.2) is 24.3 Å². The van der Waals surface area contributed by atoms with Gasteiger partial charge in [-0.25, -0.2) is 4.79 Å². The van der Waals surface area contributed by atoms with Gasteiger partial charge in [0, 0.05) is 5.92 Å². The number of rotatable bonds is 2. The molecule has 1 aromatic rings. The van der Waals surface area contributed by atoms with Gasteiger partial charge >= 0.3 is 6.03 Å². The van der Waals surface area contributed by atoms with Crippen LogP contribution in [0.5, 0.6) is 0 Å². The van der Waals surface area contributed by atoms with Crippen molar-refractivity contribution in [1.82, 2.24) is 5.32 Å². The van der Waals surface area contributed by atoms with Crippen molar-refractivity contribution in [3.63, 3.8) is 0 Å². The summed E-state index contributed by atoms with van der Waals surface area (Å²) in [4.78, 5) is 22.3. The zero-order valence-corrected chi connectivity index (χ0v) is 10.1. The lowest BCUT2D eigenvalue weighted by Crippen LogP contribution is -2.38. The molecule has 3 N–H and O–H groups in total. The first-order valence-electron chi connectivity index (χ1n) is 6.02. The van der Waals surface area contributed by atoms with Crippen LogP contribution in [0.25, 0.3) is 0 Å². The number of hydrogen-bond donors (Lipinski definition) is 2. The number of hydrogen-bond acceptors (Lipinski definition) is 2. The first-order valence-corrected chi connectivity index (χ1v) is 6.02. The fourth-order valence-electron chi connectivity index (χ4n) is 2.51. The molecule has 92 valence electrons. The van der Waals surface area contributed by atoms with Gasteiger partial charge in [0.1, 0.15) is 7.85 Å². The lowest BCUT2D eigenvalue weighted by atomic mass is 9.90. The second kappa shape index (κ2) is 5.25. The van der Waals surface area contributed by atoms with E-state index in [2.05, 4.69) is 5.32 Å². The molecule has 4 nitrogen and oxygen atoms in total. The maximum atomic E-state index is 11.7. The topological polar surface area (TPSA) is 72.2 Å². The van der Waals surface area contributed by atoms with Gasteiger partial charge in [0.15, 0.2) is 0 Å². The Hall–Kier alpha value is -1.78. The molecule has 1 aliphatic carbocycles. The Morgan fingerprint density at radius 2 is 1.89 bits per heavy atom. The molecule has 0 aliphatic heterocycles. The van der Waals surface area contributed by atoms with Crippen molar-refractivity contribution < 1.29 is 9.59 Å². The first-order chi connectivity index (χ1) is 8.56. The summed E-state index contributed by atoms with van der Waals surface area (Å²) in [6.45, 7) is 0. The summed E-state index contributed by atoms with van der Waals surface area (Å²) >= 11 is 0. The summed E-state index contributed by atoms with van der Waals surface area (Å²) in [5.41, 5.74) is 6.87. The molecule has 0 spiro atoms. The predicted molar refractivity (Wildman–Crippen MR) is 69.6 cm³/mol. The predicted octanol–water partition coefficient (Wildman–Crippen LogP) is 0.559. The van der Waals surface area contributed by atoms with Crippen LogP contribution in [0.3, 0.4) is 0 Å². The van der Waals surface area contributed by atoms with Gasteiger partial charge in [0.2, 0.25) is 5.91 Å². The zero-order valence-electron chi connectivity index (χ0n) is 10.1. The van der Waals surface area contributed by atoms with Crippen molar-refractivity contribution in [2.24, 2.45) is 11.7 Å². The standard InChI is InChI=1S/C13H15BN2O2/c14-11-5-3-8(4-6-11)9-1-2-10(7-9)12(17)16-13(15)18/h3-6,9-10H,1-2,7H2,(H3,15,16,17,18)/t9-,10-/m0/s1. The van der Waals surface area contributed by atoms with E-state index in [4.69, 9.17) is 13.6 Å². The van der Waals surface area contributed by atoms with E-state index < -0.39 is 6.03 Å². The Bertz CT molecular complexity index is 459. The number of amides is 3. The van der Waals surface area contributed by atoms with Crippen LogP contribution in [-0.4, -0.2) is 19.8 Å². The highest BCUT2D eigenvalue weighted by atomic mass is 16.2. The molecule has 2 rings (SSSR count). The molecule has 0 aromatic heterocycles. The Balaban J connectivity index is 1.98. The van der Waals surface area contributed by atoms with Gasteiger partial charge in [0.05, 0.1) is 0 Å². The Morgan fingerprint density at radius 3 is 2.50 bits per heavy atom. The molecule has 0 saturated heterocycles. The van der Waals surface area contributed by atoms with Crippen LogP contribution in [-0.2, 0) is 4.79 Å². The van der Waals surface area contributed by atoms with Gasteiger partial charge in [-0.2, -0.15) is 0 Å². The Morgan fingerprint density at radius 1 is 1.22 bits per heavy atom. The molecule has 1 fully saturated rings. The van der Waals surface area contributed by atoms with Crippen LogP contribution in [0.1, 0.15) is 30.7 Å². The second-order valence-electron chi connectivity index (χ2n) is 4.73. The van der Waals surface area contributed by atoms with Crippen molar-refractivity contribution in [2.45, 2.75) is 25.2 Å². The molecular weight excluding hydrogens is 227 g/mol. The van der Waals surface area contributed by atoms with Gasteiger partial charge in [-0.3, -0.25) is 10.1 Å². The van der Waals surface area contributed by atoms with Crippen LogP contribution in [0.4, 0.5) is 4.79 Å². The number of carbonyl (C=O) groups excluding carboxylic acids is 2. The number of carbonyl (C=O) groups is 2. The van der Waals surface area contributed by atoms with Crippen molar-refractivity contribution in [1.29, 1.82) is 0 Å². The van der Waals surface area contributed by atoms with Crippen LogP contribution >= 0.6 is 0 Å². The summed E-state index contributed by atoms with van der Waals surface area (Å²) in [5.74, 6) is -0.0327. The molecule has 3 amide bonds. The van der Waals surface area contributed by atoms with E-state index in [-0.39, 0.29) is 11.8 Å². The third-order valence-corrected chi connectivity index (χ3v) is 3.46. The molecule has 18 heavy (non-hydrogen) atoms. The molecule has 2 radical (unpaired) electrons. The van der Waals surface area contributed by atoms with E-state index in [9.17, 15) is 9.59 Å². The van der Waals surface area contributed by atoms with Gasteiger partial charge < -0.3 is 5.73 Å². The van der Waals surface area contributed by atoms with Gasteiger partial charge in [-0.1, -0.05) is 29.7 Å². The third kappa shape index (κ3) is 2.91. The molecule has 2 atom stereocenters. The fraction of sp³-hybridized carbons (Fsp3) is 0.385. The highest BCUT2D eigenvalue weighted by Gasteiger charge is 2.31. The van der Waals surface area contributed by atoms with Crippen molar-refractivity contribution in [3.8, 4) is 0 Å². The smallest absolute Gasteiger partial charge is 0.318 e. The molecule has 1 aliphatic rings. The Labute approximate surface area is 107 Å². The van der Waals surface area contributed by atoms with Crippen LogP contribution < -0.4 is 16.5 Å². The number of primary amides is 1. The minimum absolute atomic E-state index is 0.125. The summed E-state index contributed by atoms with van der Waals surface area (Å²) in [7, 11) is 5.64. The SMILES string of the molecule is [B]c1ccc([C@H]2CC[C@H](C(=O)NC(N)=O)C2)cc1. The summed E-state index contributed by atoms with van der Waals surface area (Å²) in [5, 5.41) is 2.15. The van der Waals surface area contributed by atoms with Crippen molar-refractivity contribution >= 4 is 25.2 Å². The minimum Gasteiger partial charge on any atom is -0.351 e. The number of nitrogens with one attached hydrogen (secondary N) is 1. The lowest BCUT2D eigenvalue weighted by molar-refractivity contribution is -0.123. The largest absolute Gasteiger partial charge is 0.351 e. The first kappa shape index (κ1) is 12.7. The molecular formula is C13H15BN2O2. The second-order valence-corrected chi connectivity index (χ2v) is 4.73. The normalized spacial score (nSPS) is 22.7. The summed E-state index contributed by atoms with van der Waals surface area (Å²) < 4.78 is 0. The Kier molecular flexibility index (Phi) is 3.70. The van der Waals surface area contributed by atoms with Gasteiger partial charge in [0.25, 0.3) is 0 Å². The van der Waals surface area contributed by atoms with Gasteiger partial charge in [-0.15, -0.1) is 0 Å². The molecule has 1 aromatic carbocycles. The quantitative estimate of drug-likeness (QED) is 0.743. The third-order valence-electron chi connectivity index (χ3n) is 3.46. The minimum atomic E-state index is -0.782. The van der Waals surface area contributed by atoms with Crippen molar-refractivity contribution in [3.05, 3.63) is 29.8 Å². The van der Waals surface area contributed by atoms with Crippen LogP contribution in [0.2, 0.25) is 0 Å². The monoisotopic (exact) mass is 242 g/mol. The number of imide groups is 1. The number of benzene rings is 1. The van der Waals surface area contributed by atoms with E-state index in [1.54, 1.807) is 0 Å². The van der Waals surface area contributed by atoms with Crippen molar-refractivity contribution in [2.75, 3.05) is 0 Å². The van der Waals surface area contributed by atoms with E-state index in [0.29, 0.717) is 5.92 Å². The van der Waals surface area contributed by atoms with E-state index in [0.717, 1.165) is 24.7 Å². The highest BCUT2D eigenvalue weighted by Crippen LogP contribution is 2.37. The maximum Gasteiger partial charge on any atom is 0.318 e. The maximum absolute atomic E-state index is 11.7. The molecule has 0 heterocycles. The molecule has 0 bridgehead atoms. The average molecular weight is 242 g/mol. The summed E-state index contributed by atoms with van der Waals surface area (Å²) in [6, 6.07) is 6.94. The average Bonchev–Trinajstić information content (AvgIpc) is 2.78. The number of nitrogens with two attached hydrogens (primary N) is 1.